The van der Waals surface area contributed by atoms with Gasteiger partial charge in [-0.05, 0) is 36.1 Å². The molecule has 2 rings (SSSR count). The average Bonchev–Trinajstić information content (AvgIpc) is 2.58. The zero-order valence-corrected chi connectivity index (χ0v) is 16.9. The van der Waals surface area contributed by atoms with E-state index in [1.165, 1.54) is 11.1 Å². The van der Waals surface area contributed by atoms with Gasteiger partial charge in [-0.3, -0.25) is 0 Å². The van der Waals surface area contributed by atoms with Crippen molar-refractivity contribution in [2.45, 2.75) is 33.1 Å². The van der Waals surface area contributed by atoms with Crippen molar-refractivity contribution in [2.75, 3.05) is 20.3 Å². The van der Waals surface area contributed by atoms with Gasteiger partial charge in [-0.15, -0.1) is 0 Å². The number of para-hydroxylation sites is 1. The van der Waals surface area contributed by atoms with Crippen LogP contribution in [0.3, 0.4) is 0 Å². The highest BCUT2D eigenvalue weighted by atomic mass is 32.1. The SMILES string of the molecule is COc1cccc(C(N)=S)c1OCCOc1ccc(C)cc1C(C)(C)C. The maximum Gasteiger partial charge on any atom is 0.171 e. The fourth-order valence-electron chi connectivity index (χ4n) is 2.67. The van der Waals surface area contributed by atoms with Crippen LogP contribution in [0, 0.1) is 6.92 Å². The first-order chi connectivity index (χ1) is 12.2. The summed E-state index contributed by atoms with van der Waals surface area (Å²) in [6.07, 6.45) is 0. The Morgan fingerprint density at radius 1 is 1.04 bits per heavy atom. The first-order valence-electron chi connectivity index (χ1n) is 8.57. The van der Waals surface area contributed by atoms with E-state index in [1.54, 1.807) is 7.11 Å². The standard InChI is InChI=1S/C21H27NO3S/c1-14-9-10-17(16(13-14)21(2,3)4)24-11-12-25-19-15(20(22)26)7-6-8-18(19)23-5/h6-10,13H,11-12H2,1-5H3,(H2,22,26). The maximum absolute atomic E-state index is 5.98. The Kier molecular flexibility index (Phi) is 6.48. The molecule has 0 aliphatic rings. The van der Waals surface area contributed by atoms with E-state index in [-0.39, 0.29) is 10.4 Å². The van der Waals surface area contributed by atoms with Crippen molar-refractivity contribution in [2.24, 2.45) is 5.73 Å². The van der Waals surface area contributed by atoms with E-state index in [0.29, 0.717) is 30.3 Å². The van der Waals surface area contributed by atoms with Crippen LogP contribution in [0.1, 0.15) is 37.5 Å². The maximum atomic E-state index is 5.98. The second-order valence-corrected chi connectivity index (χ2v) is 7.59. The van der Waals surface area contributed by atoms with Crippen LogP contribution in [0.2, 0.25) is 0 Å². The highest BCUT2D eigenvalue weighted by Gasteiger charge is 2.19. The number of hydrogen-bond donors (Lipinski definition) is 1. The number of methoxy groups -OCH3 is 1. The summed E-state index contributed by atoms with van der Waals surface area (Å²) in [7, 11) is 1.59. The van der Waals surface area contributed by atoms with Crippen molar-refractivity contribution in [1.82, 2.24) is 0 Å². The molecule has 0 unspecified atom stereocenters. The molecule has 0 saturated heterocycles. The molecule has 2 aromatic carbocycles. The van der Waals surface area contributed by atoms with E-state index in [1.807, 2.05) is 24.3 Å². The molecule has 0 saturated carbocycles. The van der Waals surface area contributed by atoms with Gasteiger partial charge in [-0.25, -0.2) is 0 Å². The second kappa shape index (κ2) is 8.41. The summed E-state index contributed by atoms with van der Waals surface area (Å²) in [6, 6.07) is 11.7. The lowest BCUT2D eigenvalue weighted by atomic mass is 9.85. The van der Waals surface area contributed by atoms with Gasteiger partial charge in [0.05, 0.1) is 12.7 Å². The summed E-state index contributed by atoms with van der Waals surface area (Å²) in [5.74, 6) is 2.02. The molecule has 0 fully saturated rings. The summed E-state index contributed by atoms with van der Waals surface area (Å²) in [4.78, 5) is 0.272. The molecule has 140 valence electrons. The van der Waals surface area contributed by atoms with Gasteiger partial charge in [0.2, 0.25) is 0 Å². The first-order valence-corrected chi connectivity index (χ1v) is 8.98. The van der Waals surface area contributed by atoms with Crippen LogP contribution in [-0.2, 0) is 5.41 Å². The molecule has 0 atom stereocenters. The van der Waals surface area contributed by atoms with Gasteiger partial charge in [0, 0.05) is 0 Å². The highest BCUT2D eigenvalue weighted by Crippen LogP contribution is 2.33. The van der Waals surface area contributed by atoms with E-state index < -0.39 is 0 Å². The number of thiocarbonyl (C=S) groups is 1. The Balaban J connectivity index is 2.08. The van der Waals surface area contributed by atoms with Crippen molar-refractivity contribution >= 4 is 17.2 Å². The van der Waals surface area contributed by atoms with Crippen molar-refractivity contribution < 1.29 is 14.2 Å². The molecule has 5 heteroatoms. The third-order valence-electron chi connectivity index (χ3n) is 3.99. The van der Waals surface area contributed by atoms with E-state index in [2.05, 4.69) is 39.8 Å². The number of rotatable bonds is 7. The lowest BCUT2D eigenvalue weighted by Gasteiger charge is -2.23. The molecule has 0 radical (unpaired) electrons. The molecular formula is C21H27NO3S. The summed E-state index contributed by atoms with van der Waals surface area (Å²) in [5, 5.41) is 0. The molecule has 0 heterocycles. The molecule has 0 aromatic heterocycles. The summed E-state index contributed by atoms with van der Waals surface area (Å²) < 4.78 is 17.2. The summed E-state index contributed by atoms with van der Waals surface area (Å²) in [6.45, 7) is 9.37. The van der Waals surface area contributed by atoms with Crippen LogP contribution in [-0.4, -0.2) is 25.3 Å². The van der Waals surface area contributed by atoms with E-state index in [9.17, 15) is 0 Å². The molecule has 0 bridgehead atoms. The fraction of sp³-hybridized carbons (Fsp3) is 0.381. The Labute approximate surface area is 161 Å². The zero-order chi connectivity index (χ0) is 19.3. The van der Waals surface area contributed by atoms with Crippen molar-refractivity contribution in [3.63, 3.8) is 0 Å². The normalized spacial score (nSPS) is 11.1. The number of ether oxygens (including phenoxy) is 3. The van der Waals surface area contributed by atoms with Gasteiger partial charge in [0.25, 0.3) is 0 Å². The van der Waals surface area contributed by atoms with Crippen LogP contribution in [0.5, 0.6) is 17.2 Å². The van der Waals surface area contributed by atoms with Crippen LogP contribution in [0.4, 0.5) is 0 Å². The van der Waals surface area contributed by atoms with E-state index in [0.717, 1.165) is 5.75 Å². The van der Waals surface area contributed by atoms with E-state index >= 15 is 0 Å². The molecule has 26 heavy (non-hydrogen) atoms. The Hall–Kier alpha value is -2.27. The predicted octanol–water partition coefficient (Wildman–Crippen LogP) is 4.39. The fourth-order valence-corrected chi connectivity index (χ4v) is 2.83. The minimum Gasteiger partial charge on any atom is -0.493 e. The topological polar surface area (TPSA) is 53.7 Å². The summed E-state index contributed by atoms with van der Waals surface area (Å²) in [5.41, 5.74) is 8.84. The zero-order valence-electron chi connectivity index (χ0n) is 16.1. The third-order valence-corrected chi connectivity index (χ3v) is 4.21. The minimum absolute atomic E-state index is 0.00374. The minimum atomic E-state index is 0.00374. The monoisotopic (exact) mass is 373 g/mol. The Bertz CT molecular complexity index is 781. The smallest absolute Gasteiger partial charge is 0.171 e. The highest BCUT2D eigenvalue weighted by molar-refractivity contribution is 7.80. The average molecular weight is 374 g/mol. The number of nitrogens with two attached hydrogens (primary N) is 1. The van der Waals surface area contributed by atoms with Gasteiger partial charge >= 0.3 is 0 Å². The molecular weight excluding hydrogens is 346 g/mol. The Morgan fingerprint density at radius 2 is 1.73 bits per heavy atom. The molecule has 2 N–H and O–H groups in total. The molecule has 2 aromatic rings. The van der Waals surface area contributed by atoms with Gasteiger partial charge in [0.1, 0.15) is 24.0 Å². The van der Waals surface area contributed by atoms with Gasteiger partial charge in [-0.1, -0.05) is 56.8 Å². The number of hydrogen-bond acceptors (Lipinski definition) is 4. The molecule has 4 nitrogen and oxygen atoms in total. The van der Waals surface area contributed by atoms with Crippen LogP contribution in [0.15, 0.2) is 36.4 Å². The van der Waals surface area contributed by atoms with Gasteiger partial charge < -0.3 is 19.9 Å². The number of benzene rings is 2. The van der Waals surface area contributed by atoms with Gasteiger partial charge in [0.15, 0.2) is 11.5 Å². The molecule has 0 spiro atoms. The lowest BCUT2D eigenvalue weighted by Crippen LogP contribution is -2.17. The predicted molar refractivity (Wildman–Crippen MR) is 110 cm³/mol. The Morgan fingerprint density at radius 3 is 2.35 bits per heavy atom. The lowest BCUT2D eigenvalue weighted by molar-refractivity contribution is 0.208. The second-order valence-electron chi connectivity index (χ2n) is 7.15. The third kappa shape index (κ3) is 4.88. The first kappa shape index (κ1) is 20.0. The quantitative estimate of drug-likeness (QED) is 0.576. The van der Waals surface area contributed by atoms with Crippen molar-refractivity contribution in [3.05, 3.63) is 53.1 Å². The van der Waals surface area contributed by atoms with Gasteiger partial charge in [-0.2, -0.15) is 0 Å². The number of aryl methyl sites for hydroxylation is 1. The van der Waals surface area contributed by atoms with Crippen molar-refractivity contribution in [1.29, 1.82) is 0 Å². The van der Waals surface area contributed by atoms with Crippen LogP contribution < -0.4 is 19.9 Å². The molecule has 0 amide bonds. The molecule has 0 aliphatic heterocycles. The largest absolute Gasteiger partial charge is 0.493 e. The van der Waals surface area contributed by atoms with Crippen LogP contribution in [0.25, 0.3) is 0 Å². The molecule has 0 aliphatic carbocycles. The van der Waals surface area contributed by atoms with E-state index in [4.69, 9.17) is 32.2 Å². The van der Waals surface area contributed by atoms with Crippen molar-refractivity contribution in [3.8, 4) is 17.2 Å². The summed E-state index contributed by atoms with van der Waals surface area (Å²) >= 11 is 5.09. The van der Waals surface area contributed by atoms with Crippen LogP contribution >= 0.6 is 12.2 Å².